The Labute approximate surface area is 184 Å². The number of hydrogen-bond donors (Lipinski definition) is 1. The lowest BCUT2D eigenvalue weighted by atomic mass is 9.99. The Hall–Kier alpha value is -2.57. The number of halogens is 1. The lowest BCUT2D eigenvalue weighted by Gasteiger charge is -2.21. The summed E-state index contributed by atoms with van der Waals surface area (Å²) in [5, 5.41) is 13.6. The molecule has 1 unspecified atom stereocenters. The van der Waals surface area contributed by atoms with Gasteiger partial charge in [0.1, 0.15) is 23.6 Å². The number of ether oxygens (including phenoxy) is 1. The number of carbonyl (C=O) groups is 1. The number of furan rings is 1. The van der Waals surface area contributed by atoms with Crippen molar-refractivity contribution in [1.29, 1.82) is 0 Å². The van der Waals surface area contributed by atoms with E-state index in [1.807, 2.05) is 24.3 Å². The van der Waals surface area contributed by atoms with Gasteiger partial charge in [-0.25, -0.2) is 0 Å². The molecule has 1 N–H and O–H groups in total. The van der Waals surface area contributed by atoms with Crippen LogP contribution in [0.25, 0.3) is 17.0 Å². The lowest BCUT2D eigenvalue weighted by Crippen LogP contribution is -3.07. The minimum atomic E-state index is -0.211. The van der Waals surface area contributed by atoms with Crippen molar-refractivity contribution < 1.29 is 24.0 Å². The van der Waals surface area contributed by atoms with E-state index in [-0.39, 0.29) is 17.3 Å². The molecule has 0 amide bonds. The lowest BCUT2D eigenvalue weighted by molar-refractivity contribution is -0.894. The number of quaternary nitrogens is 1. The number of rotatable bonds is 6. The first-order chi connectivity index (χ1) is 14.4. The number of nitrogens with one attached hydrogen (secondary N) is 1. The van der Waals surface area contributed by atoms with Gasteiger partial charge in [-0.3, -0.25) is 4.79 Å². The number of Topliss-reactive ketones (excluding diaryl/α,β-unsaturated/α-hetero) is 1. The highest BCUT2D eigenvalue weighted by atomic mass is 79.9. The highest BCUT2D eigenvalue weighted by Gasteiger charge is 2.33. The number of allylic oxidation sites excluding steroid dienone is 1. The molecule has 2 aromatic carbocycles. The quantitative estimate of drug-likeness (QED) is 0.553. The normalized spacial score (nSPS) is 15.6. The summed E-state index contributed by atoms with van der Waals surface area (Å²) < 4.78 is 12.8. The largest absolute Gasteiger partial charge is 0.872 e. The van der Waals surface area contributed by atoms with Crippen molar-refractivity contribution in [3.8, 4) is 11.5 Å². The molecule has 2 heterocycles. The number of hydrogen-bond acceptors (Lipinski definition) is 4. The predicted octanol–water partition coefficient (Wildman–Crippen LogP) is 4.01. The first-order valence-electron chi connectivity index (χ1n) is 10.2. The summed E-state index contributed by atoms with van der Waals surface area (Å²) in [7, 11) is 2.06. The van der Waals surface area contributed by atoms with Crippen LogP contribution in [0.15, 0.2) is 45.0 Å². The molecule has 0 saturated heterocycles. The Morgan fingerprint density at radius 3 is 2.80 bits per heavy atom. The third-order valence-electron chi connectivity index (χ3n) is 5.41. The van der Waals surface area contributed by atoms with Crippen molar-refractivity contribution in [2.45, 2.75) is 33.2 Å². The zero-order chi connectivity index (χ0) is 21.4. The van der Waals surface area contributed by atoms with Gasteiger partial charge >= 0.3 is 0 Å². The van der Waals surface area contributed by atoms with Crippen LogP contribution >= 0.6 is 15.9 Å². The molecule has 6 heteroatoms. The van der Waals surface area contributed by atoms with Gasteiger partial charge < -0.3 is 19.2 Å². The Balaban J connectivity index is 1.69. The molecule has 0 saturated carbocycles. The molecule has 1 aromatic heterocycles. The second-order valence-electron chi connectivity index (χ2n) is 7.88. The molecule has 5 nitrogen and oxygen atoms in total. The van der Waals surface area contributed by atoms with E-state index in [9.17, 15) is 9.90 Å². The number of benzene rings is 2. The van der Waals surface area contributed by atoms with Crippen molar-refractivity contribution in [2.24, 2.45) is 0 Å². The van der Waals surface area contributed by atoms with Crippen LogP contribution in [0.3, 0.4) is 0 Å². The fourth-order valence-electron chi connectivity index (χ4n) is 3.84. The minimum absolute atomic E-state index is 0.0789. The second-order valence-corrected chi connectivity index (χ2v) is 8.80. The van der Waals surface area contributed by atoms with Gasteiger partial charge in [0.2, 0.25) is 5.78 Å². The molecule has 0 radical (unpaired) electrons. The number of ketones is 1. The van der Waals surface area contributed by atoms with Crippen LogP contribution in [-0.2, 0) is 6.54 Å². The van der Waals surface area contributed by atoms with Crippen molar-refractivity contribution in [3.05, 3.63) is 63.0 Å². The number of carbonyl (C=O) groups excluding carboxylic acids is 1. The van der Waals surface area contributed by atoms with Gasteiger partial charge in [0.05, 0.1) is 19.2 Å². The predicted molar refractivity (Wildman–Crippen MR) is 118 cm³/mol. The molecule has 4 rings (SSSR count). The third kappa shape index (κ3) is 3.89. The molecular weight excluding hydrogens is 446 g/mol. The van der Waals surface area contributed by atoms with Crippen molar-refractivity contribution in [2.75, 3.05) is 13.6 Å². The highest BCUT2D eigenvalue weighted by molar-refractivity contribution is 9.10. The van der Waals surface area contributed by atoms with E-state index in [0.717, 1.165) is 34.8 Å². The van der Waals surface area contributed by atoms with Crippen LogP contribution in [0.2, 0.25) is 0 Å². The zero-order valence-electron chi connectivity index (χ0n) is 17.3. The Bertz CT molecular complexity index is 1160. The molecule has 0 fully saturated rings. The van der Waals surface area contributed by atoms with E-state index in [0.29, 0.717) is 34.7 Å². The Morgan fingerprint density at radius 2 is 2.03 bits per heavy atom. The molecule has 0 aliphatic carbocycles. The summed E-state index contributed by atoms with van der Waals surface area (Å²) in [6, 6.07) is 9.13. The van der Waals surface area contributed by atoms with Crippen LogP contribution in [0.5, 0.6) is 11.5 Å². The maximum atomic E-state index is 13.1. The van der Waals surface area contributed by atoms with E-state index in [1.54, 1.807) is 19.1 Å². The molecule has 30 heavy (non-hydrogen) atoms. The Kier molecular flexibility index (Phi) is 5.71. The first kappa shape index (κ1) is 20.7. The van der Waals surface area contributed by atoms with Gasteiger partial charge in [0.15, 0.2) is 5.76 Å². The Morgan fingerprint density at radius 1 is 1.23 bits per heavy atom. The van der Waals surface area contributed by atoms with E-state index >= 15 is 0 Å². The van der Waals surface area contributed by atoms with Gasteiger partial charge in [-0.1, -0.05) is 41.1 Å². The molecule has 1 atom stereocenters. The second kappa shape index (κ2) is 8.28. The van der Waals surface area contributed by atoms with Gasteiger partial charge in [-0.15, -0.1) is 0 Å². The molecule has 0 bridgehead atoms. The van der Waals surface area contributed by atoms with Gasteiger partial charge in [-0.2, -0.15) is 0 Å². The minimum Gasteiger partial charge on any atom is -0.872 e. The number of unbranched alkanes of at least 4 members (excludes halogenated alkanes) is 1. The summed E-state index contributed by atoms with van der Waals surface area (Å²) in [6.45, 7) is 5.41. The van der Waals surface area contributed by atoms with E-state index in [1.165, 1.54) is 4.90 Å². The van der Waals surface area contributed by atoms with Crippen molar-refractivity contribution in [3.63, 3.8) is 0 Å². The summed E-state index contributed by atoms with van der Waals surface area (Å²) >= 11 is 3.45. The topological polar surface area (TPSA) is 66.9 Å². The van der Waals surface area contributed by atoms with Crippen LogP contribution in [0.1, 0.15) is 47.0 Å². The van der Waals surface area contributed by atoms with Gasteiger partial charge in [-0.05, 0) is 43.2 Å². The van der Waals surface area contributed by atoms with Crippen LogP contribution < -0.4 is 14.7 Å². The summed E-state index contributed by atoms with van der Waals surface area (Å²) in [6.07, 6.45) is 3.79. The van der Waals surface area contributed by atoms with Crippen LogP contribution in [-0.4, -0.2) is 19.4 Å². The number of fused-ring (bicyclic) bond motifs is 2. The third-order valence-corrected chi connectivity index (χ3v) is 5.90. The highest BCUT2D eigenvalue weighted by Crippen LogP contribution is 2.40. The molecular formula is C24H24BrNO4. The molecule has 1 aliphatic heterocycles. The summed E-state index contributed by atoms with van der Waals surface area (Å²) in [5.74, 6) is 0.836. The average Bonchev–Trinajstić information content (AvgIpc) is 3.24. The molecule has 156 valence electrons. The van der Waals surface area contributed by atoms with Gasteiger partial charge in [0.25, 0.3) is 0 Å². The van der Waals surface area contributed by atoms with Crippen molar-refractivity contribution in [1.82, 2.24) is 0 Å². The zero-order valence-corrected chi connectivity index (χ0v) is 18.9. The van der Waals surface area contributed by atoms with E-state index < -0.39 is 0 Å². The molecule has 1 aliphatic rings. The standard InChI is InChI=1S/C24H24BrNO4/c1-4-5-8-26(3)13-18-19(27)9-14(2)22-23(28)21(30-24(18)22)12-17-11-15-10-16(25)6-7-20(15)29-17/h6-7,9-12,27H,4-5,8,13H2,1-3H3/b21-12-. The van der Waals surface area contributed by atoms with Crippen molar-refractivity contribution >= 4 is 38.8 Å². The maximum absolute atomic E-state index is 13.1. The van der Waals surface area contributed by atoms with E-state index in [4.69, 9.17) is 9.15 Å². The smallest absolute Gasteiger partial charge is 0.232 e. The monoisotopic (exact) mass is 469 g/mol. The fourth-order valence-corrected chi connectivity index (χ4v) is 4.22. The van der Waals surface area contributed by atoms with Crippen LogP contribution in [0.4, 0.5) is 0 Å². The fraction of sp³-hybridized carbons (Fsp3) is 0.292. The van der Waals surface area contributed by atoms with E-state index in [2.05, 4.69) is 29.9 Å². The van der Waals surface area contributed by atoms with Gasteiger partial charge in [0, 0.05) is 21.5 Å². The van der Waals surface area contributed by atoms with Crippen LogP contribution in [0, 0.1) is 6.92 Å². The number of aryl methyl sites for hydroxylation is 1. The average molecular weight is 470 g/mol. The molecule has 3 aromatic rings. The first-order valence-corrected chi connectivity index (χ1v) is 10.9. The summed E-state index contributed by atoms with van der Waals surface area (Å²) in [5.41, 5.74) is 2.42. The SMILES string of the molecule is CCCC[NH+](C)Cc1c([O-])cc(C)c2c1O/C(=C\c1cc3cc(Br)ccc3o1)C2=O. The summed E-state index contributed by atoms with van der Waals surface area (Å²) in [4.78, 5) is 14.3. The maximum Gasteiger partial charge on any atom is 0.232 e. The molecule has 0 spiro atoms.